The maximum Gasteiger partial charge on any atom is 0.425 e. The Labute approximate surface area is 161 Å². The zero-order valence-electron chi connectivity index (χ0n) is 15.6. The van der Waals surface area contributed by atoms with Gasteiger partial charge >= 0.3 is 12.1 Å². The van der Waals surface area contributed by atoms with E-state index in [-0.39, 0.29) is 29.9 Å². The maximum atomic E-state index is 13.7. The molecule has 0 amide bonds. The average Bonchev–Trinajstić information content (AvgIpc) is 2.84. The van der Waals surface area contributed by atoms with Crippen molar-refractivity contribution < 1.29 is 32.9 Å². The molecule has 2 rings (SSSR count). The first-order valence-corrected chi connectivity index (χ1v) is 8.92. The van der Waals surface area contributed by atoms with Gasteiger partial charge in [0.1, 0.15) is 5.75 Å². The van der Waals surface area contributed by atoms with Gasteiger partial charge in [-0.3, -0.25) is 4.79 Å². The first-order chi connectivity index (χ1) is 13.1. The maximum absolute atomic E-state index is 13.7. The van der Waals surface area contributed by atoms with E-state index >= 15 is 0 Å². The molecule has 1 atom stereocenters. The summed E-state index contributed by atoms with van der Waals surface area (Å²) in [6.45, 7) is 5.03. The molecule has 0 spiro atoms. The molecule has 1 aliphatic carbocycles. The van der Waals surface area contributed by atoms with Gasteiger partial charge in [-0.25, -0.2) is 0 Å². The Hall–Kier alpha value is -2.54. The summed E-state index contributed by atoms with van der Waals surface area (Å²) >= 11 is 0. The molecule has 1 aromatic carbocycles. The number of rotatable bonds is 9. The fourth-order valence-corrected chi connectivity index (χ4v) is 3.24. The van der Waals surface area contributed by atoms with E-state index in [2.05, 4.69) is 6.58 Å². The fraction of sp³-hybridized carbons (Fsp3) is 0.381. The second kappa shape index (κ2) is 8.65. The number of carboxylic acids is 1. The van der Waals surface area contributed by atoms with Crippen molar-refractivity contribution in [2.45, 2.75) is 44.4 Å². The van der Waals surface area contributed by atoms with Gasteiger partial charge in [0.2, 0.25) is 5.60 Å². The van der Waals surface area contributed by atoms with Crippen LogP contribution in [0.15, 0.2) is 48.6 Å². The van der Waals surface area contributed by atoms with E-state index in [1.54, 1.807) is 6.07 Å². The molecule has 28 heavy (non-hydrogen) atoms. The Kier molecular flexibility index (Phi) is 6.72. The average molecular weight is 396 g/mol. The molecule has 0 heterocycles. The van der Waals surface area contributed by atoms with Crippen molar-refractivity contribution in [3.05, 3.63) is 59.7 Å². The Bertz CT molecular complexity index is 808. The number of carbonyl (C=O) groups is 1. The number of fused-ring (bicyclic) bond motifs is 1. The normalized spacial score (nSPS) is 19.2. The third-order valence-corrected chi connectivity index (χ3v) is 4.73. The van der Waals surface area contributed by atoms with E-state index in [1.807, 2.05) is 0 Å². The van der Waals surface area contributed by atoms with Crippen LogP contribution < -0.4 is 4.74 Å². The highest BCUT2D eigenvalue weighted by molar-refractivity contribution is 5.86. The van der Waals surface area contributed by atoms with E-state index in [1.165, 1.54) is 37.3 Å². The van der Waals surface area contributed by atoms with E-state index in [4.69, 9.17) is 9.84 Å². The molecular weight excluding hydrogens is 373 g/mol. The lowest BCUT2D eigenvalue weighted by atomic mass is 9.90. The van der Waals surface area contributed by atoms with Gasteiger partial charge in [-0.05, 0) is 55.0 Å². The molecular formula is C21H23F3O4. The lowest BCUT2D eigenvalue weighted by molar-refractivity contribution is -0.248. The Balaban J connectivity index is 2.22. The Morgan fingerprint density at radius 3 is 2.61 bits per heavy atom. The van der Waals surface area contributed by atoms with Crippen molar-refractivity contribution in [2.75, 3.05) is 6.61 Å². The topological polar surface area (TPSA) is 66.8 Å². The lowest BCUT2D eigenvalue weighted by Crippen LogP contribution is -2.42. The minimum absolute atomic E-state index is 0.0728. The van der Waals surface area contributed by atoms with Crippen LogP contribution in [0.1, 0.15) is 43.7 Å². The third kappa shape index (κ3) is 4.30. The monoisotopic (exact) mass is 396 g/mol. The van der Waals surface area contributed by atoms with Gasteiger partial charge in [0.15, 0.2) is 0 Å². The highest BCUT2D eigenvalue weighted by Crippen LogP contribution is 2.54. The molecule has 1 aliphatic rings. The van der Waals surface area contributed by atoms with Crippen molar-refractivity contribution in [1.29, 1.82) is 0 Å². The second-order valence-electron chi connectivity index (χ2n) is 6.60. The number of halogens is 3. The van der Waals surface area contributed by atoms with Crippen molar-refractivity contribution in [1.82, 2.24) is 0 Å². The molecule has 0 saturated heterocycles. The van der Waals surface area contributed by atoms with Crippen LogP contribution in [-0.4, -0.2) is 29.0 Å². The van der Waals surface area contributed by atoms with E-state index < -0.39 is 17.7 Å². The molecule has 0 aromatic heterocycles. The number of carboxylic acid groups (broad SMARTS) is 1. The van der Waals surface area contributed by atoms with Crippen molar-refractivity contribution in [2.24, 2.45) is 0 Å². The predicted octanol–water partition coefficient (Wildman–Crippen LogP) is 4.99. The quantitative estimate of drug-likeness (QED) is 0.456. The number of aliphatic carboxylic acids is 1. The summed E-state index contributed by atoms with van der Waals surface area (Å²) in [6.07, 6.45) is 1.39. The standard InChI is InChI=1S/C21H23F3O4/c1-3-4-8-16-14(2)20(27,21(22,23)24)18-13-15(10-11-17(16)18)28-12-7-5-6-9-19(25)26/h3-4,8,10-11,13,27H,1,5-7,9,12H2,2H3,(H,25,26)/b8-4-/t20-/m1/s1. The van der Waals surface area contributed by atoms with Crippen LogP contribution in [0.2, 0.25) is 0 Å². The number of hydrogen-bond donors (Lipinski definition) is 2. The molecule has 1 aromatic rings. The van der Waals surface area contributed by atoms with Crippen LogP contribution in [0.3, 0.4) is 0 Å². The Morgan fingerprint density at radius 1 is 1.29 bits per heavy atom. The Morgan fingerprint density at radius 2 is 2.00 bits per heavy atom. The molecule has 0 radical (unpaired) electrons. The number of allylic oxidation sites excluding steroid dienone is 4. The minimum atomic E-state index is -4.88. The molecule has 4 nitrogen and oxygen atoms in total. The largest absolute Gasteiger partial charge is 0.494 e. The second-order valence-corrected chi connectivity index (χ2v) is 6.60. The summed E-state index contributed by atoms with van der Waals surface area (Å²) in [5.74, 6) is -0.642. The first kappa shape index (κ1) is 21.8. The lowest BCUT2D eigenvalue weighted by Gasteiger charge is -2.29. The van der Waals surface area contributed by atoms with Gasteiger partial charge in [0.25, 0.3) is 0 Å². The predicted molar refractivity (Wildman–Crippen MR) is 99.9 cm³/mol. The first-order valence-electron chi connectivity index (χ1n) is 8.92. The van der Waals surface area contributed by atoms with Crippen LogP contribution in [0, 0.1) is 0 Å². The highest BCUT2D eigenvalue weighted by atomic mass is 19.4. The van der Waals surface area contributed by atoms with Crippen LogP contribution in [0.4, 0.5) is 13.2 Å². The number of ether oxygens (including phenoxy) is 1. The number of benzene rings is 1. The van der Waals surface area contributed by atoms with Crippen LogP contribution >= 0.6 is 0 Å². The van der Waals surface area contributed by atoms with Gasteiger partial charge in [0, 0.05) is 12.0 Å². The van der Waals surface area contributed by atoms with Crippen LogP contribution in [-0.2, 0) is 10.4 Å². The van der Waals surface area contributed by atoms with Gasteiger partial charge in [-0.2, -0.15) is 13.2 Å². The number of aliphatic hydroxyl groups is 1. The smallest absolute Gasteiger partial charge is 0.425 e. The number of hydrogen-bond acceptors (Lipinski definition) is 3. The molecule has 0 bridgehead atoms. The fourth-order valence-electron chi connectivity index (χ4n) is 3.24. The summed E-state index contributed by atoms with van der Waals surface area (Å²) in [7, 11) is 0. The van der Waals surface area contributed by atoms with Crippen molar-refractivity contribution in [3.8, 4) is 5.75 Å². The summed E-state index contributed by atoms with van der Waals surface area (Å²) < 4.78 is 46.7. The summed E-state index contributed by atoms with van der Waals surface area (Å²) in [6, 6.07) is 4.29. The van der Waals surface area contributed by atoms with Crippen LogP contribution in [0.25, 0.3) is 5.57 Å². The van der Waals surface area contributed by atoms with E-state index in [9.17, 15) is 23.1 Å². The minimum Gasteiger partial charge on any atom is -0.494 e. The number of alkyl halides is 3. The molecule has 152 valence electrons. The van der Waals surface area contributed by atoms with E-state index in [0.29, 0.717) is 30.4 Å². The van der Waals surface area contributed by atoms with E-state index in [0.717, 1.165) is 0 Å². The van der Waals surface area contributed by atoms with Gasteiger partial charge in [0.05, 0.1) is 6.61 Å². The van der Waals surface area contributed by atoms with Crippen LogP contribution in [0.5, 0.6) is 5.75 Å². The van der Waals surface area contributed by atoms with Gasteiger partial charge in [-0.15, -0.1) is 0 Å². The highest BCUT2D eigenvalue weighted by Gasteiger charge is 2.60. The molecule has 0 saturated carbocycles. The van der Waals surface area contributed by atoms with Crippen molar-refractivity contribution in [3.63, 3.8) is 0 Å². The summed E-state index contributed by atoms with van der Waals surface area (Å²) in [5, 5.41) is 19.2. The third-order valence-electron chi connectivity index (χ3n) is 4.73. The molecule has 7 heteroatoms. The zero-order valence-corrected chi connectivity index (χ0v) is 15.6. The zero-order chi connectivity index (χ0) is 20.9. The van der Waals surface area contributed by atoms with Crippen molar-refractivity contribution >= 4 is 11.5 Å². The van der Waals surface area contributed by atoms with Gasteiger partial charge in [-0.1, -0.05) is 30.9 Å². The van der Waals surface area contributed by atoms with Gasteiger partial charge < -0.3 is 14.9 Å². The SMILES string of the molecule is C=C/C=C\C1=C(C)[C@](O)(C(F)(F)F)c2cc(OCCCCCC(=O)O)ccc21. The molecule has 0 fully saturated rings. The number of unbranched alkanes of at least 4 members (excludes halogenated alkanes) is 2. The molecule has 0 aliphatic heterocycles. The molecule has 2 N–H and O–H groups in total. The molecule has 0 unspecified atom stereocenters. The summed E-state index contributed by atoms with van der Waals surface area (Å²) in [4.78, 5) is 10.5. The summed E-state index contributed by atoms with van der Waals surface area (Å²) in [5.41, 5.74) is -2.94.